The molecule has 0 aliphatic heterocycles. The topological polar surface area (TPSA) is 80.9 Å². The quantitative estimate of drug-likeness (QED) is 0.562. The number of aliphatic imine (C=N–C) groups is 1. The van der Waals surface area contributed by atoms with E-state index in [1.807, 2.05) is 26.0 Å². The average Bonchev–Trinajstić information content (AvgIpc) is 2.93. The maximum Gasteiger partial charge on any atom is 0.214 e. The molecular formula is C17H23BrN4O3. The van der Waals surface area contributed by atoms with Crippen LogP contribution in [0.15, 0.2) is 26.0 Å². The van der Waals surface area contributed by atoms with Gasteiger partial charge in [-0.25, -0.2) is 4.98 Å². The van der Waals surface area contributed by atoms with Crippen LogP contribution in [0.25, 0.3) is 0 Å². The van der Waals surface area contributed by atoms with E-state index >= 15 is 0 Å². The summed E-state index contributed by atoms with van der Waals surface area (Å²) < 4.78 is 17.1. The second-order valence-electron chi connectivity index (χ2n) is 5.33. The van der Waals surface area contributed by atoms with Crippen LogP contribution in [0, 0.1) is 13.8 Å². The molecular weight excluding hydrogens is 388 g/mol. The number of halogens is 1. The third-order valence-corrected chi connectivity index (χ3v) is 4.44. The number of hydrogen-bond donors (Lipinski definition) is 2. The maximum absolute atomic E-state index is 5.55. The van der Waals surface area contributed by atoms with E-state index in [-0.39, 0.29) is 0 Å². The van der Waals surface area contributed by atoms with Crippen LogP contribution in [0.2, 0.25) is 0 Å². The number of methoxy groups -OCH3 is 2. The van der Waals surface area contributed by atoms with Crippen molar-refractivity contribution < 1.29 is 13.9 Å². The molecule has 2 rings (SSSR count). The first-order chi connectivity index (χ1) is 12.0. The van der Waals surface area contributed by atoms with Gasteiger partial charge in [0.1, 0.15) is 5.76 Å². The molecule has 0 bridgehead atoms. The van der Waals surface area contributed by atoms with Gasteiger partial charge >= 0.3 is 0 Å². The summed E-state index contributed by atoms with van der Waals surface area (Å²) in [5, 5.41) is 6.43. The van der Waals surface area contributed by atoms with E-state index in [2.05, 4.69) is 36.5 Å². The van der Waals surface area contributed by atoms with Crippen LogP contribution in [0.4, 0.5) is 0 Å². The standard InChI is InChI=1S/C17H23BrN4O3/c1-10-11(2)25-16(22-10)9-21-17(19-3)20-8-12-6-14(23-4)15(24-5)7-13(12)18/h6-7H,8-9H2,1-5H3,(H2,19,20,21). The van der Waals surface area contributed by atoms with Gasteiger partial charge < -0.3 is 24.5 Å². The van der Waals surface area contributed by atoms with Gasteiger partial charge in [0.2, 0.25) is 5.89 Å². The fraction of sp³-hybridized carbons (Fsp3) is 0.412. The average molecular weight is 411 g/mol. The minimum Gasteiger partial charge on any atom is -0.493 e. The first-order valence-corrected chi connectivity index (χ1v) is 8.55. The van der Waals surface area contributed by atoms with Gasteiger partial charge in [0.15, 0.2) is 17.5 Å². The molecule has 0 fully saturated rings. The number of rotatable bonds is 6. The Kier molecular flexibility index (Phi) is 6.69. The van der Waals surface area contributed by atoms with Gasteiger partial charge in [0.05, 0.1) is 26.5 Å². The lowest BCUT2D eigenvalue weighted by Crippen LogP contribution is -2.36. The minimum atomic E-state index is 0.460. The molecule has 0 amide bonds. The number of nitrogens with one attached hydrogen (secondary N) is 2. The third kappa shape index (κ3) is 4.88. The van der Waals surface area contributed by atoms with Crippen LogP contribution in [0.3, 0.4) is 0 Å². The molecule has 2 aromatic rings. The van der Waals surface area contributed by atoms with Crippen molar-refractivity contribution in [3.05, 3.63) is 39.5 Å². The second kappa shape index (κ2) is 8.75. The number of nitrogens with zero attached hydrogens (tertiary/aromatic N) is 2. The molecule has 0 radical (unpaired) electrons. The summed E-state index contributed by atoms with van der Waals surface area (Å²) in [5.74, 6) is 3.46. The number of guanidine groups is 1. The largest absolute Gasteiger partial charge is 0.493 e. The monoisotopic (exact) mass is 410 g/mol. The molecule has 7 nitrogen and oxygen atoms in total. The van der Waals surface area contributed by atoms with E-state index in [4.69, 9.17) is 13.9 Å². The number of aromatic nitrogens is 1. The highest BCUT2D eigenvalue weighted by Gasteiger charge is 2.11. The maximum atomic E-state index is 5.55. The molecule has 0 unspecified atom stereocenters. The number of benzene rings is 1. The highest BCUT2D eigenvalue weighted by molar-refractivity contribution is 9.10. The Morgan fingerprint density at radius 3 is 2.36 bits per heavy atom. The highest BCUT2D eigenvalue weighted by atomic mass is 79.9. The lowest BCUT2D eigenvalue weighted by molar-refractivity contribution is 0.354. The minimum absolute atomic E-state index is 0.460. The van der Waals surface area contributed by atoms with Crippen molar-refractivity contribution in [2.75, 3.05) is 21.3 Å². The smallest absolute Gasteiger partial charge is 0.214 e. The molecule has 25 heavy (non-hydrogen) atoms. The van der Waals surface area contributed by atoms with Gasteiger partial charge in [-0.3, -0.25) is 4.99 Å². The summed E-state index contributed by atoms with van der Waals surface area (Å²) in [4.78, 5) is 8.55. The summed E-state index contributed by atoms with van der Waals surface area (Å²) in [6, 6.07) is 3.80. The fourth-order valence-electron chi connectivity index (χ4n) is 2.21. The van der Waals surface area contributed by atoms with Gasteiger partial charge in [-0.2, -0.15) is 0 Å². The second-order valence-corrected chi connectivity index (χ2v) is 6.18. The summed E-state index contributed by atoms with van der Waals surface area (Å²) in [7, 11) is 4.94. The van der Waals surface area contributed by atoms with Gasteiger partial charge in [-0.1, -0.05) is 15.9 Å². The summed E-state index contributed by atoms with van der Waals surface area (Å²) in [6.45, 7) is 4.84. The van der Waals surface area contributed by atoms with Gasteiger partial charge in [-0.15, -0.1) is 0 Å². The molecule has 136 valence electrons. The van der Waals surface area contributed by atoms with E-state index in [0.717, 1.165) is 21.5 Å². The Bertz CT molecular complexity index is 739. The first-order valence-electron chi connectivity index (χ1n) is 7.76. The number of hydrogen-bond acceptors (Lipinski definition) is 5. The summed E-state index contributed by atoms with van der Waals surface area (Å²) in [6.07, 6.45) is 0. The van der Waals surface area contributed by atoms with Crippen LogP contribution in [-0.4, -0.2) is 32.2 Å². The number of aryl methyl sites for hydroxylation is 2. The van der Waals surface area contributed by atoms with Crippen molar-refractivity contribution >= 4 is 21.9 Å². The van der Waals surface area contributed by atoms with Gasteiger partial charge in [0.25, 0.3) is 0 Å². The Labute approximate surface area is 156 Å². The van der Waals surface area contributed by atoms with Crippen molar-refractivity contribution in [2.45, 2.75) is 26.9 Å². The molecule has 1 aromatic carbocycles. The van der Waals surface area contributed by atoms with E-state index in [1.54, 1.807) is 21.3 Å². The van der Waals surface area contributed by atoms with E-state index in [9.17, 15) is 0 Å². The SMILES string of the molecule is CN=C(NCc1nc(C)c(C)o1)NCc1cc(OC)c(OC)cc1Br. The molecule has 0 spiro atoms. The van der Waals surface area contributed by atoms with Gasteiger partial charge in [0, 0.05) is 18.1 Å². The molecule has 0 saturated carbocycles. The molecule has 0 aliphatic carbocycles. The van der Waals surface area contributed by atoms with Gasteiger partial charge in [-0.05, 0) is 31.5 Å². The van der Waals surface area contributed by atoms with Crippen molar-refractivity contribution in [2.24, 2.45) is 4.99 Å². The van der Waals surface area contributed by atoms with Crippen LogP contribution in [0.5, 0.6) is 11.5 Å². The van der Waals surface area contributed by atoms with Crippen LogP contribution in [0.1, 0.15) is 22.9 Å². The van der Waals surface area contributed by atoms with E-state index in [0.29, 0.717) is 36.4 Å². The van der Waals surface area contributed by atoms with Crippen LogP contribution < -0.4 is 20.1 Å². The fourth-order valence-corrected chi connectivity index (χ4v) is 2.67. The molecule has 0 atom stereocenters. The van der Waals surface area contributed by atoms with E-state index in [1.165, 1.54) is 0 Å². The number of ether oxygens (including phenoxy) is 2. The Morgan fingerprint density at radius 2 is 1.80 bits per heavy atom. The Hall–Kier alpha value is -2.22. The Morgan fingerprint density at radius 1 is 1.16 bits per heavy atom. The van der Waals surface area contributed by atoms with Crippen molar-refractivity contribution in [3.63, 3.8) is 0 Å². The predicted molar refractivity (Wildman–Crippen MR) is 100 cm³/mol. The molecule has 1 aromatic heterocycles. The number of oxazole rings is 1. The highest BCUT2D eigenvalue weighted by Crippen LogP contribution is 2.33. The molecule has 0 aliphatic rings. The van der Waals surface area contributed by atoms with Crippen LogP contribution >= 0.6 is 15.9 Å². The lowest BCUT2D eigenvalue weighted by atomic mass is 10.2. The third-order valence-electron chi connectivity index (χ3n) is 3.70. The van der Waals surface area contributed by atoms with E-state index < -0.39 is 0 Å². The normalized spacial score (nSPS) is 11.4. The summed E-state index contributed by atoms with van der Waals surface area (Å²) in [5.41, 5.74) is 1.91. The van der Waals surface area contributed by atoms with Crippen molar-refractivity contribution in [3.8, 4) is 11.5 Å². The van der Waals surface area contributed by atoms with Crippen molar-refractivity contribution in [1.29, 1.82) is 0 Å². The van der Waals surface area contributed by atoms with Crippen molar-refractivity contribution in [1.82, 2.24) is 15.6 Å². The molecule has 0 saturated heterocycles. The van der Waals surface area contributed by atoms with Crippen LogP contribution in [-0.2, 0) is 13.1 Å². The first kappa shape index (κ1) is 19.1. The molecule has 2 N–H and O–H groups in total. The zero-order chi connectivity index (χ0) is 18.4. The molecule has 1 heterocycles. The zero-order valence-electron chi connectivity index (χ0n) is 15.1. The Balaban J connectivity index is 1.98. The zero-order valence-corrected chi connectivity index (χ0v) is 16.7. The molecule has 8 heteroatoms. The predicted octanol–water partition coefficient (Wildman–Crippen LogP) is 2.94. The lowest BCUT2D eigenvalue weighted by Gasteiger charge is -2.14. The summed E-state index contributed by atoms with van der Waals surface area (Å²) >= 11 is 3.55.